The summed E-state index contributed by atoms with van der Waals surface area (Å²) in [6, 6.07) is 28.6. The molecule has 5 rings (SSSR count). The number of nitrogens with one attached hydrogen (secondary N) is 1. The second-order valence-corrected chi connectivity index (χ2v) is 13.2. The number of sulfonamides is 1. The van der Waals surface area contributed by atoms with E-state index in [0.29, 0.717) is 16.7 Å². The monoisotopic (exact) mass is 678 g/mol. The topological polar surface area (TPSA) is 147 Å². The van der Waals surface area contributed by atoms with Gasteiger partial charge in [0.25, 0.3) is 5.91 Å². The Hall–Kier alpha value is -4.74. The van der Waals surface area contributed by atoms with Crippen molar-refractivity contribution in [1.82, 2.24) is 9.62 Å². The lowest BCUT2D eigenvalue weighted by Gasteiger charge is -2.24. The molecule has 236 valence electrons. The van der Waals surface area contributed by atoms with Crippen LogP contribution in [0.4, 0.5) is 0 Å². The minimum absolute atomic E-state index is 0.0352. The van der Waals surface area contributed by atoms with E-state index < -0.39 is 43.8 Å². The first kappa shape index (κ1) is 32.6. The number of aromatic hydroxyl groups is 4. The number of phenolic OH excluding ortho intramolecular Hbond substituents is 4. The third-order valence-electron chi connectivity index (χ3n) is 7.17. The van der Waals surface area contributed by atoms with Gasteiger partial charge in [0.05, 0.1) is 5.02 Å². The molecule has 12 heteroatoms. The van der Waals surface area contributed by atoms with E-state index in [0.717, 1.165) is 29.3 Å². The molecule has 46 heavy (non-hydrogen) atoms. The summed E-state index contributed by atoms with van der Waals surface area (Å²) in [7, 11) is -4.34. The van der Waals surface area contributed by atoms with E-state index in [1.807, 2.05) is 54.6 Å². The lowest BCUT2D eigenvalue weighted by Crippen LogP contribution is -2.30. The molecule has 1 amide bonds. The Balaban J connectivity index is 1.41. The normalized spacial score (nSPS) is 11.5. The van der Waals surface area contributed by atoms with Crippen molar-refractivity contribution in [2.24, 2.45) is 0 Å². The van der Waals surface area contributed by atoms with Gasteiger partial charge in [-0.25, -0.2) is 8.42 Å². The van der Waals surface area contributed by atoms with Crippen LogP contribution in [0.5, 0.6) is 23.0 Å². The SMILES string of the molecule is O=C(NCc1cccc(CN(Cc2ccc(-c3ccccc3)cc2)S(=O)(=O)c2cc(Cl)cc(Cl)c2O)c1)c1cc(O)c(O)c(O)c1. The van der Waals surface area contributed by atoms with Gasteiger partial charge in [-0.05, 0) is 52.1 Å². The van der Waals surface area contributed by atoms with E-state index in [4.69, 9.17) is 23.2 Å². The maximum Gasteiger partial charge on any atom is 0.251 e. The molecule has 0 aromatic heterocycles. The molecule has 0 aliphatic carbocycles. The van der Waals surface area contributed by atoms with Crippen LogP contribution in [0, 0.1) is 0 Å². The highest BCUT2D eigenvalue weighted by molar-refractivity contribution is 7.89. The van der Waals surface area contributed by atoms with Crippen LogP contribution >= 0.6 is 23.2 Å². The lowest BCUT2D eigenvalue weighted by atomic mass is 10.0. The van der Waals surface area contributed by atoms with Crippen LogP contribution in [-0.2, 0) is 29.7 Å². The van der Waals surface area contributed by atoms with Crippen LogP contribution in [0.2, 0.25) is 10.0 Å². The van der Waals surface area contributed by atoms with Gasteiger partial charge in [-0.1, -0.05) is 102 Å². The summed E-state index contributed by atoms with van der Waals surface area (Å²) in [5.74, 6) is -3.25. The highest BCUT2D eigenvalue weighted by Gasteiger charge is 2.29. The van der Waals surface area contributed by atoms with E-state index in [-0.39, 0.29) is 35.2 Å². The summed E-state index contributed by atoms with van der Waals surface area (Å²) in [4.78, 5) is 12.2. The van der Waals surface area contributed by atoms with Gasteiger partial charge in [-0.15, -0.1) is 0 Å². The van der Waals surface area contributed by atoms with Crippen LogP contribution in [0.25, 0.3) is 11.1 Å². The lowest BCUT2D eigenvalue weighted by molar-refractivity contribution is 0.0950. The first-order valence-corrected chi connectivity index (χ1v) is 16.1. The summed E-state index contributed by atoms with van der Waals surface area (Å²) in [6.45, 7) is -0.114. The van der Waals surface area contributed by atoms with Gasteiger partial charge in [0.15, 0.2) is 23.0 Å². The number of nitrogens with zero attached hydrogens (tertiary/aromatic N) is 1. The van der Waals surface area contributed by atoms with Crippen LogP contribution in [0.3, 0.4) is 0 Å². The molecule has 0 spiro atoms. The summed E-state index contributed by atoms with van der Waals surface area (Å²) in [5.41, 5.74) is 3.82. The summed E-state index contributed by atoms with van der Waals surface area (Å²) in [6.07, 6.45) is 0. The highest BCUT2D eigenvalue weighted by Crippen LogP contribution is 2.37. The molecular weight excluding hydrogens is 651 g/mol. The number of rotatable bonds is 10. The summed E-state index contributed by atoms with van der Waals surface area (Å²) < 4.78 is 29.2. The molecule has 0 bridgehead atoms. The number of benzene rings is 5. The Labute approximate surface area is 275 Å². The van der Waals surface area contributed by atoms with Crippen LogP contribution < -0.4 is 5.32 Å². The van der Waals surface area contributed by atoms with E-state index in [9.17, 15) is 33.6 Å². The maximum absolute atomic E-state index is 14.0. The number of hydrogen-bond donors (Lipinski definition) is 5. The van der Waals surface area contributed by atoms with Gasteiger partial charge in [-0.3, -0.25) is 4.79 Å². The average molecular weight is 680 g/mol. The maximum atomic E-state index is 14.0. The first-order valence-electron chi connectivity index (χ1n) is 13.9. The van der Waals surface area contributed by atoms with E-state index >= 15 is 0 Å². The molecule has 5 aromatic carbocycles. The van der Waals surface area contributed by atoms with Gasteiger partial charge in [0.2, 0.25) is 10.0 Å². The summed E-state index contributed by atoms with van der Waals surface area (Å²) in [5, 5.41) is 42.1. The van der Waals surface area contributed by atoms with Crippen molar-refractivity contribution in [2.75, 3.05) is 0 Å². The van der Waals surface area contributed by atoms with Gasteiger partial charge < -0.3 is 25.7 Å². The molecule has 9 nitrogen and oxygen atoms in total. The Bertz CT molecular complexity index is 1980. The standard InChI is InChI=1S/C34H28Cl2N2O7S/c35-27-16-28(36)32(41)31(17-27)46(44,45)38(19-21-9-11-25(12-10-21)24-7-2-1-3-8-24)20-23-6-4-5-22(13-23)18-37-34(43)26-14-29(39)33(42)30(40)15-26/h1-17,39-42H,18-20H2,(H,37,43). The molecule has 5 N–H and O–H groups in total. The minimum atomic E-state index is -4.34. The largest absolute Gasteiger partial charge is 0.505 e. The molecule has 0 unspecified atom stereocenters. The van der Waals surface area contributed by atoms with E-state index in [2.05, 4.69) is 5.32 Å². The fraction of sp³-hybridized carbons (Fsp3) is 0.0882. The molecule has 0 saturated heterocycles. The van der Waals surface area contributed by atoms with Crippen molar-refractivity contribution in [1.29, 1.82) is 0 Å². The van der Waals surface area contributed by atoms with Crippen molar-refractivity contribution in [3.63, 3.8) is 0 Å². The predicted octanol–water partition coefficient (Wildman–Crippen LogP) is 6.80. The number of halogens is 2. The van der Waals surface area contributed by atoms with Crippen molar-refractivity contribution in [3.8, 4) is 34.1 Å². The van der Waals surface area contributed by atoms with Crippen molar-refractivity contribution >= 4 is 39.1 Å². The molecular formula is C34H28Cl2N2O7S. The Morgan fingerprint density at radius 2 is 1.28 bits per heavy atom. The Kier molecular flexibility index (Phi) is 9.74. The van der Waals surface area contributed by atoms with Gasteiger partial charge in [0, 0.05) is 30.2 Å². The number of amides is 1. The fourth-order valence-corrected chi connectivity index (χ4v) is 6.96. The predicted molar refractivity (Wildman–Crippen MR) is 175 cm³/mol. The second-order valence-electron chi connectivity index (χ2n) is 10.4. The van der Waals surface area contributed by atoms with Crippen molar-refractivity contribution in [2.45, 2.75) is 24.5 Å². The number of carbonyl (C=O) groups is 1. The summed E-state index contributed by atoms with van der Waals surface area (Å²) >= 11 is 12.2. The van der Waals surface area contributed by atoms with Crippen LogP contribution in [0.15, 0.2) is 108 Å². The molecule has 0 radical (unpaired) electrons. The quantitative estimate of drug-likeness (QED) is 0.102. The zero-order chi connectivity index (χ0) is 33.0. The van der Waals surface area contributed by atoms with E-state index in [1.165, 1.54) is 10.4 Å². The fourth-order valence-electron chi connectivity index (χ4n) is 4.80. The third kappa shape index (κ3) is 7.38. The first-order chi connectivity index (χ1) is 21.9. The number of hydrogen-bond acceptors (Lipinski definition) is 7. The highest BCUT2D eigenvalue weighted by atomic mass is 35.5. The van der Waals surface area contributed by atoms with Crippen LogP contribution in [0.1, 0.15) is 27.0 Å². The second kappa shape index (κ2) is 13.7. The number of phenols is 4. The molecule has 0 saturated carbocycles. The molecule has 0 fully saturated rings. The van der Waals surface area contributed by atoms with Crippen molar-refractivity contribution < 1.29 is 33.6 Å². The molecule has 0 heterocycles. The molecule has 5 aromatic rings. The van der Waals surface area contributed by atoms with Gasteiger partial charge in [-0.2, -0.15) is 4.31 Å². The van der Waals surface area contributed by atoms with E-state index in [1.54, 1.807) is 24.3 Å². The zero-order valence-electron chi connectivity index (χ0n) is 24.1. The zero-order valence-corrected chi connectivity index (χ0v) is 26.4. The molecule has 0 aliphatic heterocycles. The van der Waals surface area contributed by atoms with Crippen molar-refractivity contribution in [3.05, 3.63) is 135 Å². The third-order valence-corrected chi connectivity index (χ3v) is 9.48. The van der Waals surface area contributed by atoms with Crippen LogP contribution in [-0.4, -0.2) is 39.1 Å². The Morgan fingerprint density at radius 3 is 1.96 bits per heavy atom. The van der Waals surface area contributed by atoms with Gasteiger partial charge >= 0.3 is 0 Å². The number of carbonyl (C=O) groups excluding carboxylic acids is 1. The smallest absolute Gasteiger partial charge is 0.251 e. The molecule has 0 atom stereocenters. The minimum Gasteiger partial charge on any atom is -0.505 e. The average Bonchev–Trinajstić information content (AvgIpc) is 3.04. The molecule has 0 aliphatic rings. The Morgan fingerprint density at radius 1 is 0.674 bits per heavy atom. The van der Waals surface area contributed by atoms with Gasteiger partial charge in [0.1, 0.15) is 4.90 Å².